The summed E-state index contributed by atoms with van der Waals surface area (Å²) in [5.41, 5.74) is 6.42. The van der Waals surface area contributed by atoms with Crippen LogP contribution in [-0.4, -0.2) is 11.8 Å². The summed E-state index contributed by atoms with van der Waals surface area (Å²) in [7, 11) is 0. The Bertz CT molecular complexity index is 361. The maximum Gasteiger partial charge on any atom is 0.248 e. The molecule has 2 amide bonds. The average molecular weight is 192 g/mol. The number of nitrogens with two attached hydrogens (primary N) is 1. The van der Waals surface area contributed by atoms with Crippen molar-refractivity contribution in [2.24, 2.45) is 5.73 Å². The molecule has 1 rings (SSSR count). The Morgan fingerprint density at radius 3 is 2.71 bits per heavy atom. The first-order valence-electron chi connectivity index (χ1n) is 4.23. The van der Waals surface area contributed by atoms with Crippen LogP contribution in [-0.2, 0) is 11.3 Å². The van der Waals surface area contributed by atoms with Gasteiger partial charge in [-0.1, -0.05) is 12.1 Å². The smallest absolute Gasteiger partial charge is 0.248 e. The topological polar surface area (TPSA) is 72.2 Å². The van der Waals surface area contributed by atoms with Crippen molar-refractivity contribution in [1.82, 2.24) is 5.32 Å². The summed E-state index contributed by atoms with van der Waals surface area (Å²) in [6, 6.07) is 6.86. The average Bonchev–Trinajstić information content (AvgIpc) is 2.15. The maximum atomic E-state index is 10.8. The summed E-state index contributed by atoms with van der Waals surface area (Å²) < 4.78 is 0. The van der Waals surface area contributed by atoms with Crippen molar-refractivity contribution >= 4 is 11.8 Å². The number of benzene rings is 1. The van der Waals surface area contributed by atoms with Crippen LogP contribution in [0, 0.1) is 0 Å². The molecule has 74 valence electrons. The van der Waals surface area contributed by atoms with E-state index in [0.29, 0.717) is 12.1 Å². The van der Waals surface area contributed by atoms with Crippen LogP contribution in [0.5, 0.6) is 0 Å². The van der Waals surface area contributed by atoms with E-state index >= 15 is 0 Å². The van der Waals surface area contributed by atoms with Crippen molar-refractivity contribution in [1.29, 1.82) is 0 Å². The lowest BCUT2D eigenvalue weighted by atomic mass is 10.1. The molecule has 0 saturated heterocycles. The van der Waals surface area contributed by atoms with Crippen molar-refractivity contribution in [3.05, 3.63) is 35.4 Å². The monoisotopic (exact) mass is 192 g/mol. The second-order valence-corrected chi connectivity index (χ2v) is 2.97. The Morgan fingerprint density at radius 2 is 2.14 bits per heavy atom. The van der Waals surface area contributed by atoms with Crippen molar-refractivity contribution in [3.8, 4) is 0 Å². The molecular formula is C10H12N2O2. The lowest BCUT2D eigenvalue weighted by Gasteiger charge is -2.03. The molecule has 1 aromatic carbocycles. The van der Waals surface area contributed by atoms with Gasteiger partial charge in [-0.3, -0.25) is 9.59 Å². The van der Waals surface area contributed by atoms with Gasteiger partial charge in [-0.2, -0.15) is 0 Å². The molecule has 0 atom stereocenters. The normalized spacial score (nSPS) is 9.50. The minimum Gasteiger partial charge on any atom is -0.366 e. The number of nitrogens with one attached hydrogen (secondary N) is 1. The summed E-state index contributed by atoms with van der Waals surface area (Å²) >= 11 is 0. The van der Waals surface area contributed by atoms with Crippen LogP contribution in [0.15, 0.2) is 24.3 Å². The van der Waals surface area contributed by atoms with Gasteiger partial charge in [0.25, 0.3) is 0 Å². The van der Waals surface area contributed by atoms with Gasteiger partial charge in [0, 0.05) is 19.0 Å². The fraction of sp³-hybridized carbons (Fsp3) is 0.200. The molecule has 4 nitrogen and oxygen atoms in total. The van der Waals surface area contributed by atoms with E-state index in [9.17, 15) is 9.59 Å². The first kappa shape index (κ1) is 10.2. The maximum absolute atomic E-state index is 10.8. The molecular weight excluding hydrogens is 180 g/mol. The largest absolute Gasteiger partial charge is 0.366 e. The molecule has 0 aliphatic carbocycles. The Labute approximate surface area is 82.1 Å². The lowest BCUT2D eigenvalue weighted by Crippen LogP contribution is -2.19. The number of carbonyl (C=O) groups excluding carboxylic acids is 2. The molecule has 4 heteroatoms. The highest BCUT2D eigenvalue weighted by atomic mass is 16.1. The van der Waals surface area contributed by atoms with Crippen LogP contribution in [0.4, 0.5) is 0 Å². The number of rotatable bonds is 3. The SMILES string of the molecule is CC(=O)NCc1cccc(C(N)=O)c1. The molecule has 0 heterocycles. The van der Waals surface area contributed by atoms with Gasteiger partial charge in [0.1, 0.15) is 0 Å². The van der Waals surface area contributed by atoms with E-state index in [0.717, 1.165) is 5.56 Å². The van der Waals surface area contributed by atoms with Crippen molar-refractivity contribution in [3.63, 3.8) is 0 Å². The third kappa shape index (κ3) is 2.90. The van der Waals surface area contributed by atoms with Crippen LogP contribution in [0.1, 0.15) is 22.8 Å². The fourth-order valence-electron chi connectivity index (χ4n) is 1.06. The minimum absolute atomic E-state index is 0.102. The van der Waals surface area contributed by atoms with E-state index in [-0.39, 0.29) is 5.91 Å². The van der Waals surface area contributed by atoms with Crippen LogP contribution in [0.25, 0.3) is 0 Å². The lowest BCUT2D eigenvalue weighted by molar-refractivity contribution is -0.119. The van der Waals surface area contributed by atoms with E-state index in [1.165, 1.54) is 6.92 Å². The highest BCUT2D eigenvalue weighted by Crippen LogP contribution is 2.04. The zero-order valence-corrected chi connectivity index (χ0v) is 7.91. The van der Waals surface area contributed by atoms with Gasteiger partial charge >= 0.3 is 0 Å². The molecule has 0 aromatic heterocycles. The minimum atomic E-state index is -0.463. The molecule has 0 radical (unpaired) electrons. The van der Waals surface area contributed by atoms with Crippen molar-refractivity contribution < 1.29 is 9.59 Å². The third-order valence-electron chi connectivity index (χ3n) is 1.75. The first-order chi connectivity index (χ1) is 6.59. The molecule has 0 fully saturated rings. The zero-order valence-electron chi connectivity index (χ0n) is 7.91. The molecule has 0 saturated carbocycles. The highest BCUT2D eigenvalue weighted by Gasteiger charge is 2.01. The summed E-state index contributed by atoms with van der Waals surface area (Å²) in [5, 5.41) is 2.64. The van der Waals surface area contributed by atoms with E-state index in [4.69, 9.17) is 5.73 Å². The molecule has 0 bridgehead atoms. The van der Waals surface area contributed by atoms with Crippen LogP contribution < -0.4 is 11.1 Å². The zero-order chi connectivity index (χ0) is 10.6. The summed E-state index contributed by atoms with van der Waals surface area (Å²) in [4.78, 5) is 21.5. The number of amides is 2. The van der Waals surface area contributed by atoms with Gasteiger partial charge in [-0.25, -0.2) is 0 Å². The van der Waals surface area contributed by atoms with E-state index in [1.54, 1.807) is 18.2 Å². The summed E-state index contributed by atoms with van der Waals surface area (Å²) in [6.07, 6.45) is 0. The number of hydrogen-bond donors (Lipinski definition) is 2. The van der Waals surface area contributed by atoms with Crippen molar-refractivity contribution in [2.75, 3.05) is 0 Å². The van der Waals surface area contributed by atoms with E-state index in [2.05, 4.69) is 5.32 Å². The fourth-order valence-corrected chi connectivity index (χ4v) is 1.06. The second-order valence-electron chi connectivity index (χ2n) is 2.97. The van der Waals surface area contributed by atoms with Crippen LogP contribution in [0.3, 0.4) is 0 Å². The Morgan fingerprint density at radius 1 is 1.43 bits per heavy atom. The highest BCUT2D eigenvalue weighted by molar-refractivity contribution is 5.92. The van der Waals surface area contributed by atoms with Gasteiger partial charge in [-0.15, -0.1) is 0 Å². The second kappa shape index (κ2) is 4.41. The molecule has 0 aliphatic rings. The standard InChI is InChI=1S/C10H12N2O2/c1-7(13)12-6-8-3-2-4-9(5-8)10(11)14/h2-5H,6H2,1H3,(H2,11,14)(H,12,13). The van der Waals surface area contributed by atoms with Gasteiger partial charge in [0.15, 0.2) is 0 Å². The van der Waals surface area contributed by atoms with Crippen molar-refractivity contribution in [2.45, 2.75) is 13.5 Å². The van der Waals surface area contributed by atoms with E-state index < -0.39 is 5.91 Å². The van der Waals surface area contributed by atoms with Gasteiger partial charge in [-0.05, 0) is 17.7 Å². The molecule has 0 spiro atoms. The molecule has 0 aliphatic heterocycles. The Hall–Kier alpha value is -1.84. The summed E-state index contributed by atoms with van der Waals surface area (Å²) in [6.45, 7) is 1.86. The Kier molecular flexibility index (Phi) is 3.23. The molecule has 0 unspecified atom stereocenters. The molecule has 3 N–H and O–H groups in total. The Balaban J connectivity index is 2.73. The third-order valence-corrected chi connectivity index (χ3v) is 1.75. The number of primary amides is 1. The first-order valence-corrected chi connectivity index (χ1v) is 4.23. The quantitative estimate of drug-likeness (QED) is 0.728. The predicted octanol–water partition coefficient (Wildman–Crippen LogP) is 0.422. The molecule has 1 aromatic rings. The van der Waals surface area contributed by atoms with Crippen LogP contribution in [0.2, 0.25) is 0 Å². The molecule has 14 heavy (non-hydrogen) atoms. The van der Waals surface area contributed by atoms with E-state index in [1.807, 2.05) is 6.07 Å². The van der Waals surface area contributed by atoms with Gasteiger partial charge in [0.2, 0.25) is 11.8 Å². The van der Waals surface area contributed by atoms with Gasteiger partial charge < -0.3 is 11.1 Å². The van der Waals surface area contributed by atoms with Crippen LogP contribution >= 0.6 is 0 Å². The van der Waals surface area contributed by atoms with Gasteiger partial charge in [0.05, 0.1) is 0 Å². The summed E-state index contributed by atoms with van der Waals surface area (Å²) in [5.74, 6) is -0.566. The predicted molar refractivity (Wildman–Crippen MR) is 52.5 cm³/mol. The number of carbonyl (C=O) groups is 2. The number of hydrogen-bond acceptors (Lipinski definition) is 2.